The summed E-state index contributed by atoms with van der Waals surface area (Å²) < 4.78 is 12.2. The number of Topliss-reactive ketones (excluding diaryl/α,β-unsaturated/α-hetero) is 1. The molecule has 0 aliphatic heterocycles. The van der Waals surface area contributed by atoms with Gasteiger partial charge in [-0.15, -0.1) is 0 Å². The highest BCUT2D eigenvalue weighted by Crippen LogP contribution is 2.36. The van der Waals surface area contributed by atoms with Crippen molar-refractivity contribution in [1.29, 1.82) is 0 Å². The van der Waals surface area contributed by atoms with Gasteiger partial charge in [-0.2, -0.15) is 0 Å². The van der Waals surface area contributed by atoms with Gasteiger partial charge in [-0.3, -0.25) is 4.79 Å². The summed E-state index contributed by atoms with van der Waals surface area (Å²) in [6.07, 6.45) is -0.461. The maximum absolute atomic E-state index is 11.1. The molecule has 0 saturated carbocycles. The van der Waals surface area contributed by atoms with E-state index in [9.17, 15) is 4.79 Å². The fourth-order valence-corrected chi connectivity index (χ4v) is 1.93. The lowest BCUT2D eigenvalue weighted by atomic mass is 10.3. The molecule has 1 atom stereocenters. The molecule has 16 heavy (non-hydrogen) atoms. The van der Waals surface area contributed by atoms with Gasteiger partial charge in [-0.25, -0.2) is 0 Å². The fourth-order valence-electron chi connectivity index (χ4n) is 1.03. The normalized spacial score (nSPS) is 12.1. The van der Waals surface area contributed by atoms with E-state index in [4.69, 9.17) is 9.47 Å². The van der Waals surface area contributed by atoms with Crippen LogP contribution in [0.25, 0.3) is 0 Å². The van der Waals surface area contributed by atoms with E-state index in [1.54, 1.807) is 26.2 Å². The van der Waals surface area contributed by atoms with Gasteiger partial charge in [0.1, 0.15) is 11.5 Å². The van der Waals surface area contributed by atoms with E-state index < -0.39 is 6.10 Å². The van der Waals surface area contributed by atoms with Crippen molar-refractivity contribution in [3.63, 3.8) is 0 Å². The van der Waals surface area contributed by atoms with Crippen LogP contribution in [-0.2, 0) is 4.79 Å². The third kappa shape index (κ3) is 3.22. The van der Waals surface area contributed by atoms with Crippen LogP contribution in [0.5, 0.6) is 11.5 Å². The first-order chi connectivity index (χ1) is 7.45. The van der Waals surface area contributed by atoms with E-state index in [-0.39, 0.29) is 5.78 Å². The minimum Gasteiger partial charge on any atom is -0.496 e. The first-order valence-electron chi connectivity index (χ1n) is 4.66. The SMILES string of the molecule is COc1cc(Br)c(OC(C)C(C)=O)cc1Br. The predicted molar refractivity (Wildman–Crippen MR) is 69.2 cm³/mol. The van der Waals surface area contributed by atoms with E-state index in [2.05, 4.69) is 31.9 Å². The van der Waals surface area contributed by atoms with E-state index >= 15 is 0 Å². The quantitative estimate of drug-likeness (QED) is 0.831. The van der Waals surface area contributed by atoms with Crippen LogP contribution in [0.1, 0.15) is 13.8 Å². The number of hydrogen-bond donors (Lipinski definition) is 0. The number of methoxy groups -OCH3 is 1. The Kier molecular flexibility index (Phi) is 4.80. The van der Waals surface area contributed by atoms with Crippen molar-refractivity contribution in [3.8, 4) is 11.5 Å². The van der Waals surface area contributed by atoms with Gasteiger partial charge in [0.2, 0.25) is 0 Å². The zero-order valence-electron chi connectivity index (χ0n) is 9.21. The molecule has 88 valence electrons. The van der Waals surface area contributed by atoms with Gasteiger partial charge in [0.15, 0.2) is 11.9 Å². The molecule has 1 unspecified atom stereocenters. The summed E-state index contributed by atoms with van der Waals surface area (Å²) >= 11 is 6.72. The average molecular weight is 352 g/mol. The van der Waals surface area contributed by atoms with Crippen molar-refractivity contribution < 1.29 is 14.3 Å². The maximum atomic E-state index is 11.1. The Bertz CT molecular complexity index is 404. The number of hydrogen-bond acceptors (Lipinski definition) is 3. The van der Waals surface area contributed by atoms with Gasteiger partial charge in [0.05, 0.1) is 16.1 Å². The molecule has 0 amide bonds. The van der Waals surface area contributed by atoms with Crippen molar-refractivity contribution in [2.75, 3.05) is 7.11 Å². The Balaban J connectivity index is 2.98. The van der Waals surface area contributed by atoms with E-state index in [0.29, 0.717) is 11.5 Å². The molecule has 0 radical (unpaired) electrons. The van der Waals surface area contributed by atoms with Gasteiger partial charge in [0, 0.05) is 0 Å². The van der Waals surface area contributed by atoms with Crippen molar-refractivity contribution in [2.24, 2.45) is 0 Å². The molecule has 0 saturated heterocycles. The van der Waals surface area contributed by atoms with Crippen LogP contribution in [-0.4, -0.2) is 19.0 Å². The second-order valence-corrected chi connectivity index (χ2v) is 5.00. The van der Waals surface area contributed by atoms with Crippen molar-refractivity contribution in [2.45, 2.75) is 20.0 Å². The fraction of sp³-hybridized carbons (Fsp3) is 0.364. The number of rotatable bonds is 4. The van der Waals surface area contributed by atoms with Crippen molar-refractivity contribution in [3.05, 3.63) is 21.1 Å². The average Bonchev–Trinajstić information content (AvgIpc) is 2.22. The van der Waals surface area contributed by atoms with Crippen molar-refractivity contribution in [1.82, 2.24) is 0 Å². The van der Waals surface area contributed by atoms with Crippen LogP contribution >= 0.6 is 31.9 Å². The van der Waals surface area contributed by atoms with Crippen LogP contribution < -0.4 is 9.47 Å². The molecular weight excluding hydrogens is 340 g/mol. The smallest absolute Gasteiger partial charge is 0.169 e. The molecule has 5 heteroatoms. The summed E-state index contributed by atoms with van der Waals surface area (Å²) in [4.78, 5) is 11.1. The van der Waals surface area contributed by atoms with Gasteiger partial charge < -0.3 is 9.47 Å². The summed E-state index contributed by atoms with van der Waals surface area (Å²) in [5.74, 6) is 1.30. The topological polar surface area (TPSA) is 35.5 Å². The summed E-state index contributed by atoms with van der Waals surface area (Å²) in [6, 6.07) is 3.55. The Morgan fingerprint density at radius 2 is 1.75 bits per heavy atom. The molecular formula is C11H12Br2O3. The van der Waals surface area contributed by atoms with E-state index in [1.165, 1.54) is 6.92 Å². The minimum absolute atomic E-state index is 0.0150. The van der Waals surface area contributed by atoms with Gasteiger partial charge in [-0.1, -0.05) is 0 Å². The summed E-state index contributed by atoms with van der Waals surface area (Å²) in [6.45, 7) is 3.21. The largest absolute Gasteiger partial charge is 0.496 e. The molecule has 1 aromatic rings. The predicted octanol–water partition coefficient (Wildman–Crippen LogP) is 3.58. The van der Waals surface area contributed by atoms with Crippen LogP contribution in [0, 0.1) is 0 Å². The first kappa shape index (κ1) is 13.5. The number of benzene rings is 1. The number of carbonyl (C=O) groups is 1. The van der Waals surface area contributed by atoms with E-state index in [0.717, 1.165) is 8.95 Å². The van der Waals surface area contributed by atoms with Crippen LogP contribution in [0.2, 0.25) is 0 Å². The maximum Gasteiger partial charge on any atom is 0.169 e. The molecule has 0 aliphatic rings. The third-order valence-corrected chi connectivity index (χ3v) is 3.32. The van der Waals surface area contributed by atoms with Crippen LogP contribution in [0.4, 0.5) is 0 Å². The zero-order valence-corrected chi connectivity index (χ0v) is 12.4. The zero-order chi connectivity index (χ0) is 12.3. The first-order valence-corrected chi connectivity index (χ1v) is 6.24. The summed E-state index contributed by atoms with van der Waals surface area (Å²) in [5.41, 5.74) is 0. The van der Waals surface area contributed by atoms with Gasteiger partial charge >= 0.3 is 0 Å². The molecule has 1 aromatic carbocycles. The number of halogens is 2. The summed E-state index contributed by atoms with van der Waals surface area (Å²) in [7, 11) is 1.59. The second kappa shape index (κ2) is 5.68. The minimum atomic E-state index is -0.461. The molecule has 0 heterocycles. The molecule has 0 fully saturated rings. The lowest BCUT2D eigenvalue weighted by molar-refractivity contribution is -0.122. The highest BCUT2D eigenvalue weighted by atomic mass is 79.9. The Morgan fingerprint density at radius 1 is 1.25 bits per heavy atom. The highest BCUT2D eigenvalue weighted by molar-refractivity contribution is 9.11. The van der Waals surface area contributed by atoms with Gasteiger partial charge in [-0.05, 0) is 57.8 Å². The molecule has 0 bridgehead atoms. The molecule has 0 spiro atoms. The third-order valence-electron chi connectivity index (χ3n) is 2.08. The summed E-state index contributed by atoms with van der Waals surface area (Å²) in [5, 5.41) is 0. The Morgan fingerprint density at radius 3 is 2.25 bits per heavy atom. The molecule has 3 nitrogen and oxygen atoms in total. The number of ether oxygens (including phenoxy) is 2. The number of carbonyl (C=O) groups excluding carboxylic acids is 1. The monoisotopic (exact) mass is 350 g/mol. The lowest BCUT2D eigenvalue weighted by Gasteiger charge is -2.14. The molecule has 1 rings (SSSR count). The highest BCUT2D eigenvalue weighted by Gasteiger charge is 2.13. The van der Waals surface area contributed by atoms with E-state index in [1.807, 2.05) is 0 Å². The molecule has 0 N–H and O–H groups in total. The second-order valence-electron chi connectivity index (χ2n) is 3.29. The van der Waals surface area contributed by atoms with Crippen molar-refractivity contribution >= 4 is 37.6 Å². The van der Waals surface area contributed by atoms with Crippen LogP contribution in [0.3, 0.4) is 0 Å². The molecule has 0 aromatic heterocycles. The van der Waals surface area contributed by atoms with Crippen LogP contribution in [0.15, 0.2) is 21.1 Å². The van der Waals surface area contributed by atoms with Gasteiger partial charge in [0.25, 0.3) is 0 Å². The molecule has 0 aliphatic carbocycles. The Labute approximate surface area is 111 Å². The number of ketones is 1. The Hall–Kier alpha value is -0.550. The standard InChI is InChI=1S/C11H12Br2O3/c1-6(14)7(2)16-11-5-8(12)10(15-3)4-9(11)13/h4-5,7H,1-3H3. The lowest BCUT2D eigenvalue weighted by Crippen LogP contribution is -2.20.